The van der Waals surface area contributed by atoms with Crippen LogP contribution < -0.4 is 4.74 Å². The van der Waals surface area contributed by atoms with Crippen LogP contribution in [-0.4, -0.2) is 32.0 Å². The van der Waals surface area contributed by atoms with Crippen LogP contribution in [0.3, 0.4) is 0 Å². The number of ether oxygens (including phenoxy) is 2. The molecule has 1 atom stereocenters. The van der Waals surface area contributed by atoms with Gasteiger partial charge < -0.3 is 14.6 Å². The second kappa shape index (κ2) is 9.78. The molecule has 0 aromatic heterocycles. The van der Waals surface area contributed by atoms with E-state index in [1.54, 1.807) is 7.11 Å². The molecule has 114 valence electrons. The van der Waals surface area contributed by atoms with Crippen LogP contribution in [0.1, 0.15) is 32.3 Å². The van der Waals surface area contributed by atoms with E-state index in [2.05, 4.69) is 26.0 Å². The van der Waals surface area contributed by atoms with E-state index in [1.807, 2.05) is 12.1 Å². The Morgan fingerprint density at radius 2 is 1.70 bits per heavy atom. The maximum Gasteiger partial charge on any atom is 0.118 e. The molecule has 0 aliphatic heterocycles. The molecule has 0 bridgehead atoms. The summed E-state index contributed by atoms with van der Waals surface area (Å²) in [5.41, 5.74) is 1.23. The quantitative estimate of drug-likeness (QED) is 0.668. The molecule has 3 heteroatoms. The lowest BCUT2D eigenvalue weighted by Gasteiger charge is -2.15. The van der Waals surface area contributed by atoms with Crippen molar-refractivity contribution in [3.63, 3.8) is 0 Å². The van der Waals surface area contributed by atoms with Gasteiger partial charge in [0.1, 0.15) is 5.75 Å². The van der Waals surface area contributed by atoms with E-state index >= 15 is 0 Å². The van der Waals surface area contributed by atoms with E-state index in [1.165, 1.54) is 5.56 Å². The van der Waals surface area contributed by atoms with Crippen molar-refractivity contribution in [3.05, 3.63) is 29.8 Å². The monoisotopic (exact) mass is 280 g/mol. The molecule has 1 rings (SSSR count). The number of rotatable bonds is 10. The van der Waals surface area contributed by atoms with Crippen LogP contribution in [0.2, 0.25) is 0 Å². The van der Waals surface area contributed by atoms with E-state index in [0.29, 0.717) is 5.92 Å². The summed E-state index contributed by atoms with van der Waals surface area (Å²) < 4.78 is 10.8. The van der Waals surface area contributed by atoms with E-state index in [9.17, 15) is 5.11 Å². The molecule has 0 aliphatic carbocycles. The van der Waals surface area contributed by atoms with Crippen molar-refractivity contribution >= 4 is 0 Å². The minimum absolute atomic E-state index is 0.208. The molecule has 0 spiro atoms. The third-order valence-corrected chi connectivity index (χ3v) is 3.45. The van der Waals surface area contributed by atoms with Gasteiger partial charge in [-0.2, -0.15) is 0 Å². The van der Waals surface area contributed by atoms with Crippen LogP contribution in [0.4, 0.5) is 0 Å². The number of aliphatic hydroxyl groups is 1. The highest BCUT2D eigenvalue weighted by Gasteiger charge is 2.09. The lowest BCUT2D eigenvalue weighted by molar-refractivity contribution is 0.0984. The summed E-state index contributed by atoms with van der Waals surface area (Å²) in [6.45, 7) is 6.15. The Morgan fingerprint density at radius 1 is 1.05 bits per heavy atom. The number of methoxy groups -OCH3 is 1. The average molecular weight is 280 g/mol. The first-order valence-electron chi connectivity index (χ1n) is 7.47. The number of hydrogen-bond donors (Lipinski definition) is 1. The van der Waals surface area contributed by atoms with Crippen LogP contribution in [0.25, 0.3) is 0 Å². The molecule has 0 heterocycles. The van der Waals surface area contributed by atoms with Gasteiger partial charge in [-0.25, -0.2) is 0 Å². The standard InChI is InChI=1S/C17H28O3/c1-14(2)8-10-20-11-9-16(13-18)12-15-4-6-17(19-3)7-5-15/h4-7,14,16,18H,8-13H2,1-3H3. The minimum Gasteiger partial charge on any atom is -0.497 e. The smallest absolute Gasteiger partial charge is 0.118 e. The molecule has 0 saturated carbocycles. The highest BCUT2D eigenvalue weighted by molar-refractivity contribution is 5.27. The molecule has 3 nitrogen and oxygen atoms in total. The lowest BCUT2D eigenvalue weighted by Crippen LogP contribution is -2.13. The average Bonchev–Trinajstić information content (AvgIpc) is 2.46. The van der Waals surface area contributed by atoms with Gasteiger partial charge in [0.2, 0.25) is 0 Å². The van der Waals surface area contributed by atoms with Crippen LogP contribution in [-0.2, 0) is 11.2 Å². The summed E-state index contributed by atoms with van der Waals surface area (Å²) in [5, 5.41) is 9.45. The number of aliphatic hydroxyl groups excluding tert-OH is 1. The van der Waals surface area contributed by atoms with E-state index in [4.69, 9.17) is 9.47 Å². The van der Waals surface area contributed by atoms with Crippen molar-refractivity contribution in [2.75, 3.05) is 26.9 Å². The van der Waals surface area contributed by atoms with Gasteiger partial charge in [-0.1, -0.05) is 26.0 Å². The van der Waals surface area contributed by atoms with Gasteiger partial charge in [0.25, 0.3) is 0 Å². The second-order valence-electron chi connectivity index (χ2n) is 5.68. The molecule has 0 radical (unpaired) electrons. The molecule has 0 amide bonds. The van der Waals surface area contributed by atoms with Gasteiger partial charge in [-0.3, -0.25) is 0 Å². The lowest BCUT2D eigenvalue weighted by atomic mass is 9.97. The SMILES string of the molecule is COc1ccc(CC(CO)CCOCCC(C)C)cc1. The Morgan fingerprint density at radius 3 is 2.25 bits per heavy atom. The zero-order chi connectivity index (χ0) is 14.8. The zero-order valence-electron chi connectivity index (χ0n) is 13.0. The Labute approximate surface area is 122 Å². The molecular weight excluding hydrogens is 252 g/mol. The zero-order valence-corrected chi connectivity index (χ0v) is 13.0. The van der Waals surface area contributed by atoms with Crippen molar-refractivity contribution in [1.82, 2.24) is 0 Å². The van der Waals surface area contributed by atoms with Crippen molar-refractivity contribution in [2.24, 2.45) is 11.8 Å². The van der Waals surface area contributed by atoms with Gasteiger partial charge in [0, 0.05) is 19.8 Å². The number of hydrogen-bond acceptors (Lipinski definition) is 3. The second-order valence-corrected chi connectivity index (χ2v) is 5.68. The molecule has 1 aromatic carbocycles. The largest absolute Gasteiger partial charge is 0.497 e. The van der Waals surface area contributed by atoms with Crippen LogP contribution in [0, 0.1) is 11.8 Å². The fourth-order valence-corrected chi connectivity index (χ4v) is 2.02. The summed E-state index contributed by atoms with van der Waals surface area (Å²) in [6, 6.07) is 8.04. The minimum atomic E-state index is 0.208. The van der Waals surface area contributed by atoms with E-state index < -0.39 is 0 Å². The van der Waals surface area contributed by atoms with Crippen LogP contribution in [0.5, 0.6) is 5.75 Å². The van der Waals surface area contributed by atoms with Crippen molar-refractivity contribution < 1.29 is 14.6 Å². The summed E-state index contributed by atoms with van der Waals surface area (Å²) in [4.78, 5) is 0. The summed E-state index contributed by atoms with van der Waals surface area (Å²) in [7, 11) is 1.67. The molecule has 1 N–H and O–H groups in total. The predicted octanol–water partition coefficient (Wildman–Crippen LogP) is 3.30. The molecule has 1 unspecified atom stereocenters. The fraction of sp³-hybridized carbons (Fsp3) is 0.647. The maximum atomic E-state index is 9.45. The predicted molar refractivity (Wildman–Crippen MR) is 82.2 cm³/mol. The Bertz CT molecular complexity index is 346. The first-order chi connectivity index (χ1) is 9.65. The van der Waals surface area contributed by atoms with Crippen LogP contribution >= 0.6 is 0 Å². The van der Waals surface area contributed by atoms with Gasteiger partial charge >= 0.3 is 0 Å². The molecule has 0 fully saturated rings. The van der Waals surface area contributed by atoms with Gasteiger partial charge in [0.05, 0.1) is 7.11 Å². The Kier molecular flexibility index (Phi) is 8.31. The summed E-state index contributed by atoms with van der Waals surface area (Å²) in [5.74, 6) is 1.82. The molecule has 20 heavy (non-hydrogen) atoms. The van der Waals surface area contributed by atoms with Gasteiger partial charge in [-0.05, 0) is 48.8 Å². The maximum absolute atomic E-state index is 9.45. The Balaban J connectivity index is 2.27. The fourth-order valence-electron chi connectivity index (χ4n) is 2.02. The topological polar surface area (TPSA) is 38.7 Å². The third-order valence-electron chi connectivity index (χ3n) is 3.45. The molecule has 1 aromatic rings. The normalized spacial score (nSPS) is 12.7. The summed E-state index contributed by atoms with van der Waals surface area (Å²) >= 11 is 0. The van der Waals surface area contributed by atoms with E-state index in [0.717, 1.165) is 38.2 Å². The first kappa shape index (κ1) is 17.0. The first-order valence-corrected chi connectivity index (χ1v) is 7.47. The van der Waals surface area contributed by atoms with E-state index in [-0.39, 0.29) is 12.5 Å². The highest BCUT2D eigenvalue weighted by atomic mass is 16.5. The molecule has 0 saturated heterocycles. The third kappa shape index (κ3) is 6.92. The summed E-state index contributed by atoms with van der Waals surface area (Å²) in [6.07, 6.45) is 2.89. The van der Waals surface area contributed by atoms with Crippen LogP contribution in [0.15, 0.2) is 24.3 Å². The van der Waals surface area contributed by atoms with Gasteiger partial charge in [-0.15, -0.1) is 0 Å². The van der Waals surface area contributed by atoms with Crippen molar-refractivity contribution in [1.29, 1.82) is 0 Å². The number of benzene rings is 1. The molecular formula is C17H28O3. The van der Waals surface area contributed by atoms with Gasteiger partial charge in [0.15, 0.2) is 0 Å². The molecule has 0 aliphatic rings. The van der Waals surface area contributed by atoms with Crippen molar-refractivity contribution in [3.8, 4) is 5.75 Å². The highest BCUT2D eigenvalue weighted by Crippen LogP contribution is 2.16. The van der Waals surface area contributed by atoms with Crippen molar-refractivity contribution in [2.45, 2.75) is 33.1 Å². The Hall–Kier alpha value is -1.06.